The lowest BCUT2D eigenvalue weighted by molar-refractivity contribution is -0.154. The third kappa shape index (κ3) is 9.96. The van der Waals surface area contributed by atoms with Gasteiger partial charge in [0.25, 0.3) is 5.91 Å². The van der Waals surface area contributed by atoms with E-state index in [0.29, 0.717) is 15.6 Å². The lowest BCUT2D eigenvalue weighted by Gasteiger charge is -2.32. The minimum absolute atomic E-state index is 0.0439. The minimum Gasteiger partial charge on any atom is -0.497 e. The van der Waals surface area contributed by atoms with Crippen molar-refractivity contribution in [3.05, 3.63) is 129 Å². The van der Waals surface area contributed by atoms with Crippen LogP contribution >= 0.6 is 23.2 Å². The van der Waals surface area contributed by atoms with Gasteiger partial charge in [0.2, 0.25) is 0 Å². The van der Waals surface area contributed by atoms with Crippen LogP contribution in [0.4, 0.5) is 0 Å². The van der Waals surface area contributed by atoms with E-state index in [1.54, 1.807) is 13.2 Å². The highest BCUT2D eigenvalue weighted by Gasteiger charge is 2.37. The Kier molecular flexibility index (Phi) is 12.1. The Balaban J connectivity index is 1.55. The largest absolute Gasteiger partial charge is 0.497 e. The first-order valence-corrected chi connectivity index (χ1v) is 16.4. The summed E-state index contributed by atoms with van der Waals surface area (Å²) in [5.41, 5.74) is 4.25. The van der Waals surface area contributed by atoms with Crippen LogP contribution in [0.1, 0.15) is 80.4 Å². The average molecular weight is 664 g/mol. The maximum Gasteiger partial charge on any atom is 0.308 e. The Bertz CT molecular complexity index is 1530. The summed E-state index contributed by atoms with van der Waals surface area (Å²) in [7, 11) is 1.67. The van der Waals surface area contributed by atoms with Crippen molar-refractivity contribution in [2.45, 2.75) is 70.6 Å². The molecular formula is C38H44Cl2N2O4. The number of esters is 1. The van der Waals surface area contributed by atoms with E-state index in [0.717, 1.165) is 41.8 Å². The highest BCUT2D eigenvalue weighted by atomic mass is 35.5. The van der Waals surface area contributed by atoms with E-state index in [1.807, 2.05) is 75.4 Å². The molecule has 0 spiro atoms. The molecule has 1 aliphatic carbocycles. The summed E-state index contributed by atoms with van der Waals surface area (Å²) in [4.78, 5) is 27.3. The number of likely N-dealkylation sites (tertiary alicyclic amines) is 1. The summed E-state index contributed by atoms with van der Waals surface area (Å²) in [6, 6.07) is 13.6. The Hall–Kier alpha value is -3.58. The fourth-order valence-corrected chi connectivity index (χ4v) is 6.40. The SMILES string of the molecule is C=C1/C=C\C(OC)=C/C/C=C\C([C@H]2C[C@H](c3cc(Cl)cc(Cl)c3)CN2C(C)c2ccc(C(=O)NCCC(=O)OC(C)(C)C)cc2)=C/1. The summed E-state index contributed by atoms with van der Waals surface area (Å²) >= 11 is 12.9. The third-order valence-corrected chi connectivity index (χ3v) is 8.52. The van der Waals surface area contributed by atoms with Crippen LogP contribution < -0.4 is 5.32 Å². The second-order valence-electron chi connectivity index (χ2n) is 12.7. The molecular weight excluding hydrogens is 619 g/mol. The number of carbonyl (C=O) groups is 2. The highest BCUT2D eigenvalue weighted by molar-refractivity contribution is 6.34. The van der Waals surface area contributed by atoms with E-state index < -0.39 is 5.60 Å². The molecule has 6 nitrogen and oxygen atoms in total. The third-order valence-electron chi connectivity index (χ3n) is 8.08. The standard InChI is InChI=1S/C38H44Cl2N2O4/c1-25-11-16-34(45-6)10-8-7-9-29(19-25)35-22-31(30-20-32(39)23-33(40)21-30)24-42(35)26(2)27-12-14-28(15-13-27)37(44)41-18-17-36(43)46-38(3,4)5/h7,9-16,19-21,23,26,31,35H,1,8,17-18,22,24H2,2-6H3,(H,41,44)/b9-7-,16-11-,29-19+,34-10+/t26?,31-,35+/m0/s1. The van der Waals surface area contributed by atoms with Crippen molar-refractivity contribution < 1.29 is 19.1 Å². The lowest BCUT2D eigenvalue weighted by atomic mass is 9.92. The van der Waals surface area contributed by atoms with Gasteiger partial charge in [0.05, 0.1) is 13.5 Å². The molecule has 3 atom stereocenters. The molecule has 46 heavy (non-hydrogen) atoms. The Labute approximate surface area is 283 Å². The predicted molar refractivity (Wildman–Crippen MR) is 187 cm³/mol. The van der Waals surface area contributed by atoms with Crippen LogP contribution in [0.2, 0.25) is 10.0 Å². The van der Waals surface area contributed by atoms with Gasteiger partial charge in [0, 0.05) is 40.8 Å². The molecule has 1 amide bonds. The number of rotatable bonds is 9. The number of halogens is 2. The highest BCUT2D eigenvalue weighted by Crippen LogP contribution is 2.42. The average Bonchev–Trinajstić information content (AvgIpc) is 3.44. The monoisotopic (exact) mass is 662 g/mol. The van der Waals surface area contributed by atoms with Crippen molar-refractivity contribution in [3.63, 3.8) is 0 Å². The van der Waals surface area contributed by atoms with E-state index in [-0.39, 0.29) is 42.8 Å². The van der Waals surface area contributed by atoms with Crippen molar-refractivity contribution in [1.82, 2.24) is 10.2 Å². The number of carbonyl (C=O) groups excluding carboxylic acids is 2. The summed E-state index contributed by atoms with van der Waals surface area (Å²) in [6.45, 7) is 13.0. The number of nitrogens with zero attached hydrogens (tertiary/aromatic N) is 1. The number of hydrogen-bond acceptors (Lipinski definition) is 5. The van der Waals surface area contributed by atoms with Crippen LogP contribution in [0, 0.1) is 0 Å². The topological polar surface area (TPSA) is 67.9 Å². The zero-order valence-electron chi connectivity index (χ0n) is 27.3. The molecule has 1 aliphatic heterocycles. The zero-order chi connectivity index (χ0) is 33.4. The Morgan fingerprint density at radius 2 is 1.76 bits per heavy atom. The van der Waals surface area contributed by atoms with Crippen LogP contribution in [0.15, 0.2) is 102 Å². The lowest BCUT2D eigenvalue weighted by Crippen LogP contribution is -2.33. The van der Waals surface area contributed by atoms with Crippen molar-refractivity contribution in [1.29, 1.82) is 0 Å². The first-order chi connectivity index (χ1) is 21.8. The van der Waals surface area contributed by atoms with Crippen molar-refractivity contribution in [3.8, 4) is 0 Å². The number of benzene rings is 2. The molecule has 1 heterocycles. The quantitative estimate of drug-likeness (QED) is 0.272. The van der Waals surface area contributed by atoms with Crippen molar-refractivity contribution in [2.24, 2.45) is 0 Å². The van der Waals surface area contributed by atoms with Crippen LogP contribution in [0.5, 0.6) is 0 Å². The van der Waals surface area contributed by atoms with Crippen LogP contribution in [0.3, 0.4) is 0 Å². The molecule has 1 unspecified atom stereocenters. The molecule has 0 aromatic heterocycles. The smallest absolute Gasteiger partial charge is 0.308 e. The van der Waals surface area contributed by atoms with E-state index in [4.69, 9.17) is 32.7 Å². The molecule has 2 aliphatic rings. The molecule has 4 rings (SSSR count). The second-order valence-corrected chi connectivity index (χ2v) is 13.6. The van der Waals surface area contributed by atoms with Gasteiger partial charge in [-0.25, -0.2) is 0 Å². The van der Waals surface area contributed by atoms with Gasteiger partial charge in [-0.05, 0) is 111 Å². The molecule has 8 heteroatoms. The Morgan fingerprint density at radius 3 is 2.41 bits per heavy atom. The van der Waals surface area contributed by atoms with E-state index in [9.17, 15) is 9.59 Å². The molecule has 2 aromatic carbocycles. The molecule has 0 bridgehead atoms. The maximum atomic E-state index is 12.8. The molecule has 1 saturated heterocycles. The maximum absolute atomic E-state index is 12.8. The fraction of sp³-hybridized carbons (Fsp3) is 0.368. The molecule has 2 aromatic rings. The number of nitrogens with one attached hydrogen (secondary N) is 1. The molecule has 1 N–H and O–H groups in total. The second kappa shape index (κ2) is 15.8. The van der Waals surface area contributed by atoms with Crippen LogP contribution in [-0.4, -0.2) is 48.6 Å². The van der Waals surface area contributed by atoms with Crippen LogP contribution in [0.25, 0.3) is 0 Å². The van der Waals surface area contributed by atoms with Gasteiger partial charge < -0.3 is 14.8 Å². The van der Waals surface area contributed by atoms with Crippen molar-refractivity contribution >= 4 is 35.1 Å². The first kappa shape index (κ1) is 35.3. The number of methoxy groups -OCH3 is 1. The van der Waals surface area contributed by atoms with Gasteiger partial charge in [0.1, 0.15) is 11.4 Å². The van der Waals surface area contributed by atoms with Gasteiger partial charge in [-0.2, -0.15) is 0 Å². The number of hydrogen-bond donors (Lipinski definition) is 1. The normalized spacial score (nSPS) is 23.3. The predicted octanol–water partition coefficient (Wildman–Crippen LogP) is 8.90. The van der Waals surface area contributed by atoms with Gasteiger partial charge in [-0.1, -0.05) is 66.2 Å². The molecule has 0 radical (unpaired) electrons. The molecule has 244 valence electrons. The van der Waals surface area contributed by atoms with Gasteiger partial charge in [0.15, 0.2) is 0 Å². The summed E-state index contributed by atoms with van der Waals surface area (Å²) < 4.78 is 10.8. The number of allylic oxidation sites excluding steroid dienone is 6. The zero-order valence-corrected chi connectivity index (χ0v) is 28.8. The molecule has 1 fully saturated rings. The molecule has 0 saturated carbocycles. The van der Waals surface area contributed by atoms with Gasteiger partial charge in [-0.3, -0.25) is 14.5 Å². The van der Waals surface area contributed by atoms with Crippen LogP contribution in [-0.2, 0) is 14.3 Å². The fourth-order valence-electron chi connectivity index (χ4n) is 5.86. The van der Waals surface area contributed by atoms with Gasteiger partial charge >= 0.3 is 5.97 Å². The number of ether oxygens (including phenoxy) is 2. The number of amides is 1. The first-order valence-electron chi connectivity index (χ1n) is 15.6. The summed E-state index contributed by atoms with van der Waals surface area (Å²) in [5, 5.41) is 4.08. The van der Waals surface area contributed by atoms with Gasteiger partial charge in [-0.15, -0.1) is 0 Å². The van der Waals surface area contributed by atoms with E-state index >= 15 is 0 Å². The van der Waals surface area contributed by atoms with E-state index in [2.05, 4.69) is 41.9 Å². The Morgan fingerprint density at radius 1 is 1.07 bits per heavy atom. The van der Waals surface area contributed by atoms with Crippen molar-refractivity contribution in [2.75, 3.05) is 20.2 Å². The van der Waals surface area contributed by atoms with E-state index in [1.165, 1.54) is 5.57 Å². The summed E-state index contributed by atoms with van der Waals surface area (Å²) in [5.74, 6) is 0.449. The minimum atomic E-state index is -0.555. The summed E-state index contributed by atoms with van der Waals surface area (Å²) in [6.07, 6.45) is 14.2.